The lowest BCUT2D eigenvalue weighted by molar-refractivity contribution is 0.598. The van der Waals surface area contributed by atoms with E-state index in [1.54, 1.807) is 19.2 Å². The van der Waals surface area contributed by atoms with E-state index in [1.807, 2.05) is 0 Å². The molecule has 0 aliphatic rings. The highest BCUT2D eigenvalue weighted by Crippen LogP contribution is 2.23. The molecule has 1 aromatic heterocycles. The fourth-order valence-corrected chi connectivity index (χ4v) is 3.00. The first-order valence-electron chi connectivity index (χ1n) is 5.54. The van der Waals surface area contributed by atoms with E-state index in [2.05, 4.69) is 31.0 Å². The van der Waals surface area contributed by atoms with Crippen molar-refractivity contribution in [1.29, 1.82) is 0 Å². The molecule has 0 spiro atoms. The monoisotopic (exact) mass is 359 g/mol. The number of rotatable bonds is 4. The Hall–Kier alpha value is -1.67. The van der Waals surface area contributed by atoms with Crippen molar-refractivity contribution in [3.63, 3.8) is 0 Å². The molecule has 0 bridgehead atoms. The van der Waals surface area contributed by atoms with E-state index >= 15 is 0 Å². The topological polar surface area (TPSA) is 71.1 Å². The summed E-state index contributed by atoms with van der Waals surface area (Å²) < 4.78 is 40.4. The van der Waals surface area contributed by atoms with Crippen molar-refractivity contribution in [2.24, 2.45) is 0 Å². The summed E-state index contributed by atoms with van der Waals surface area (Å²) in [6.07, 6.45) is 1.37. The SMILES string of the molecule is CNc1cccnc1S(=O)(=O)Nc1ccc(Br)c(F)c1. The Bertz CT molecular complexity index is 737. The summed E-state index contributed by atoms with van der Waals surface area (Å²) in [6, 6.07) is 7.16. The summed E-state index contributed by atoms with van der Waals surface area (Å²) in [7, 11) is -2.30. The molecule has 0 atom stereocenters. The molecule has 0 saturated carbocycles. The second-order valence-electron chi connectivity index (χ2n) is 3.84. The van der Waals surface area contributed by atoms with E-state index in [0.29, 0.717) is 5.69 Å². The van der Waals surface area contributed by atoms with Gasteiger partial charge in [-0.1, -0.05) is 0 Å². The minimum absolute atomic E-state index is 0.124. The van der Waals surface area contributed by atoms with Crippen molar-refractivity contribution in [2.75, 3.05) is 17.1 Å². The number of aromatic nitrogens is 1. The second kappa shape index (κ2) is 5.76. The van der Waals surface area contributed by atoms with E-state index in [0.717, 1.165) is 6.07 Å². The lowest BCUT2D eigenvalue weighted by Crippen LogP contribution is -2.16. The highest BCUT2D eigenvalue weighted by atomic mass is 79.9. The molecular weight excluding hydrogens is 349 g/mol. The van der Waals surface area contributed by atoms with Crippen LogP contribution in [0.2, 0.25) is 0 Å². The zero-order valence-electron chi connectivity index (χ0n) is 10.4. The largest absolute Gasteiger partial charge is 0.386 e. The summed E-state index contributed by atoms with van der Waals surface area (Å²) in [5.41, 5.74) is 0.482. The summed E-state index contributed by atoms with van der Waals surface area (Å²) in [6.45, 7) is 0. The van der Waals surface area contributed by atoms with Gasteiger partial charge in [0.05, 0.1) is 15.8 Å². The van der Waals surface area contributed by atoms with Crippen LogP contribution in [0.1, 0.15) is 0 Å². The van der Waals surface area contributed by atoms with Crippen molar-refractivity contribution in [3.05, 3.63) is 46.8 Å². The van der Waals surface area contributed by atoms with E-state index in [-0.39, 0.29) is 15.2 Å². The Morgan fingerprint density at radius 1 is 1.30 bits per heavy atom. The van der Waals surface area contributed by atoms with E-state index in [9.17, 15) is 12.8 Å². The molecule has 2 aromatic rings. The molecule has 0 saturated heterocycles. The third-order valence-electron chi connectivity index (χ3n) is 2.47. The van der Waals surface area contributed by atoms with Crippen molar-refractivity contribution in [3.8, 4) is 0 Å². The molecule has 2 N–H and O–H groups in total. The maximum absolute atomic E-state index is 13.4. The number of nitrogens with one attached hydrogen (secondary N) is 2. The second-order valence-corrected chi connectivity index (χ2v) is 6.29. The van der Waals surface area contributed by atoms with Gasteiger partial charge in [0, 0.05) is 13.2 Å². The molecule has 5 nitrogen and oxygen atoms in total. The first-order valence-corrected chi connectivity index (χ1v) is 7.82. The lowest BCUT2D eigenvalue weighted by Gasteiger charge is -2.11. The number of anilines is 2. The minimum atomic E-state index is -3.89. The number of pyridine rings is 1. The van der Waals surface area contributed by atoms with E-state index < -0.39 is 15.8 Å². The standard InChI is InChI=1S/C12H11BrFN3O2S/c1-15-11-3-2-6-16-12(11)20(18,19)17-8-4-5-9(13)10(14)7-8/h2-7,15,17H,1H3. The summed E-state index contributed by atoms with van der Waals surface area (Å²) >= 11 is 3.00. The van der Waals surface area contributed by atoms with Gasteiger partial charge in [-0.2, -0.15) is 8.42 Å². The van der Waals surface area contributed by atoms with Gasteiger partial charge in [-0.3, -0.25) is 4.72 Å². The molecule has 0 aliphatic heterocycles. The number of hydrogen-bond acceptors (Lipinski definition) is 4. The number of benzene rings is 1. The van der Waals surface area contributed by atoms with Gasteiger partial charge in [-0.25, -0.2) is 9.37 Å². The Morgan fingerprint density at radius 2 is 2.05 bits per heavy atom. The predicted molar refractivity (Wildman–Crippen MR) is 78.7 cm³/mol. The fourth-order valence-electron chi connectivity index (χ4n) is 1.56. The van der Waals surface area contributed by atoms with Crippen molar-refractivity contribution in [2.45, 2.75) is 5.03 Å². The van der Waals surface area contributed by atoms with Crippen molar-refractivity contribution >= 4 is 37.3 Å². The lowest BCUT2D eigenvalue weighted by atomic mass is 10.3. The number of sulfonamides is 1. The van der Waals surface area contributed by atoms with Gasteiger partial charge in [-0.15, -0.1) is 0 Å². The molecule has 8 heteroatoms. The van der Waals surface area contributed by atoms with Gasteiger partial charge in [0.15, 0.2) is 5.03 Å². The number of nitrogens with zero attached hydrogens (tertiary/aromatic N) is 1. The van der Waals surface area contributed by atoms with Crippen LogP contribution in [0.3, 0.4) is 0 Å². The average molecular weight is 360 g/mol. The van der Waals surface area contributed by atoms with Crippen LogP contribution in [-0.2, 0) is 10.0 Å². The molecule has 20 heavy (non-hydrogen) atoms. The van der Waals surface area contributed by atoms with E-state index in [1.165, 1.54) is 18.3 Å². The highest BCUT2D eigenvalue weighted by Gasteiger charge is 2.20. The van der Waals surface area contributed by atoms with Crippen LogP contribution in [0.15, 0.2) is 46.0 Å². The molecule has 2 rings (SSSR count). The smallest absolute Gasteiger partial charge is 0.281 e. The van der Waals surface area contributed by atoms with Gasteiger partial charge in [0.25, 0.3) is 10.0 Å². The predicted octanol–water partition coefficient (Wildman–Crippen LogP) is 2.83. The van der Waals surface area contributed by atoms with Gasteiger partial charge in [0.2, 0.25) is 0 Å². The first kappa shape index (κ1) is 14.7. The minimum Gasteiger partial charge on any atom is -0.386 e. The van der Waals surface area contributed by atoms with Crippen molar-refractivity contribution in [1.82, 2.24) is 4.98 Å². The third-order valence-corrected chi connectivity index (χ3v) is 4.45. The quantitative estimate of drug-likeness (QED) is 0.880. The molecule has 0 fully saturated rings. The summed E-state index contributed by atoms with van der Waals surface area (Å²) in [5.74, 6) is -0.555. The molecule has 0 radical (unpaired) electrons. The Morgan fingerprint density at radius 3 is 2.70 bits per heavy atom. The van der Waals surface area contributed by atoms with E-state index in [4.69, 9.17) is 0 Å². The third kappa shape index (κ3) is 3.07. The molecule has 1 heterocycles. The van der Waals surface area contributed by atoms with Crippen molar-refractivity contribution < 1.29 is 12.8 Å². The Kier molecular flexibility index (Phi) is 4.24. The first-order chi connectivity index (χ1) is 9.44. The number of hydrogen-bond donors (Lipinski definition) is 2. The summed E-state index contributed by atoms with van der Waals surface area (Å²) in [5, 5.41) is 2.60. The van der Waals surface area contributed by atoms with Crippen LogP contribution < -0.4 is 10.0 Å². The Balaban J connectivity index is 2.38. The Labute approximate surface area is 124 Å². The maximum atomic E-state index is 13.4. The van der Waals surface area contributed by atoms with Gasteiger partial charge in [0.1, 0.15) is 5.82 Å². The van der Waals surface area contributed by atoms with Crippen LogP contribution in [0.25, 0.3) is 0 Å². The van der Waals surface area contributed by atoms with Crippen LogP contribution in [0.5, 0.6) is 0 Å². The molecular formula is C12H11BrFN3O2S. The fraction of sp³-hybridized carbons (Fsp3) is 0.0833. The number of halogens is 2. The van der Waals surface area contributed by atoms with Gasteiger partial charge < -0.3 is 5.32 Å². The molecule has 106 valence electrons. The van der Waals surface area contributed by atoms with Crippen LogP contribution in [-0.4, -0.2) is 20.4 Å². The normalized spacial score (nSPS) is 11.2. The maximum Gasteiger partial charge on any atom is 0.281 e. The van der Waals surface area contributed by atoms with Crippen LogP contribution in [0.4, 0.5) is 15.8 Å². The zero-order chi connectivity index (χ0) is 14.8. The molecule has 1 aromatic carbocycles. The van der Waals surface area contributed by atoms with Crippen LogP contribution >= 0.6 is 15.9 Å². The highest BCUT2D eigenvalue weighted by molar-refractivity contribution is 9.10. The molecule has 0 aliphatic carbocycles. The average Bonchev–Trinajstić information content (AvgIpc) is 2.42. The molecule has 0 amide bonds. The zero-order valence-corrected chi connectivity index (χ0v) is 12.8. The van der Waals surface area contributed by atoms with Gasteiger partial charge in [-0.05, 0) is 46.3 Å². The van der Waals surface area contributed by atoms with Crippen LogP contribution in [0, 0.1) is 5.82 Å². The van der Waals surface area contributed by atoms with Gasteiger partial charge >= 0.3 is 0 Å². The summed E-state index contributed by atoms with van der Waals surface area (Å²) in [4.78, 5) is 3.84. The molecule has 0 unspecified atom stereocenters.